The molecule has 1 heterocycles. The Morgan fingerprint density at radius 1 is 1.38 bits per heavy atom. The van der Waals surface area contributed by atoms with Crippen molar-refractivity contribution in [2.24, 2.45) is 5.92 Å². The first kappa shape index (κ1) is 15.4. The molecule has 2 aromatic rings. The van der Waals surface area contributed by atoms with Gasteiger partial charge >= 0.3 is 0 Å². The maximum atomic E-state index is 9.09. The van der Waals surface area contributed by atoms with E-state index in [9.17, 15) is 0 Å². The molecule has 0 aliphatic heterocycles. The molecule has 0 fully saturated rings. The van der Waals surface area contributed by atoms with Crippen molar-refractivity contribution in [3.05, 3.63) is 41.7 Å². The number of halogens is 1. The summed E-state index contributed by atoms with van der Waals surface area (Å²) < 4.78 is 1.94. The lowest BCUT2D eigenvalue weighted by Gasteiger charge is -2.09. The van der Waals surface area contributed by atoms with Gasteiger partial charge in [-0.2, -0.15) is 10.5 Å². The van der Waals surface area contributed by atoms with Crippen LogP contribution in [0.5, 0.6) is 0 Å². The van der Waals surface area contributed by atoms with Crippen molar-refractivity contribution in [1.29, 1.82) is 10.5 Å². The summed E-state index contributed by atoms with van der Waals surface area (Å²) in [7, 11) is 0. The molecule has 21 heavy (non-hydrogen) atoms. The summed E-state index contributed by atoms with van der Waals surface area (Å²) in [4.78, 5) is 4.32. The summed E-state index contributed by atoms with van der Waals surface area (Å²) in [5.74, 6) is 0.481. The van der Waals surface area contributed by atoms with Gasteiger partial charge in [0.1, 0.15) is 0 Å². The van der Waals surface area contributed by atoms with Crippen LogP contribution in [0.15, 0.2) is 41.8 Å². The molecule has 0 aliphatic carbocycles. The fourth-order valence-corrected chi connectivity index (χ4v) is 3.03. The van der Waals surface area contributed by atoms with E-state index in [0.717, 1.165) is 10.8 Å². The summed E-state index contributed by atoms with van der Waals surface area (Å²) in [5, 5.41) is 19.2. The van der Waals surface area contributed by atoms with Crippen molar-refractivity contribution < 1.29 is 0 Å². The molecule has 0 N–H and O–H groups in total. The molecular formula is C15H13ClN4S. The van der Waals surface area contributed by atoms with Crippen molar-refractivity contribution in [2.75, 3.05) is 5.75 Å². The molecule has 6 heteroatoms. The van der Waals surface area contributed by atoms with Gasteiger partial charge in [0.15, 0.2) is 5.16 Å². The van der Waals surface area contributed by atoms with Gasteiger partial charge in [0.2, 0.25) is 0 Å². The molecular weight excluding hydrogens is 304 g/mol. The molecule has 0 saturated carbocycles. The normalized spacial score (nSPS) is 11.6. The van der Waals surface area contributed by atoms with Crippen LogP contribution in [0.25, 0.3) is 5.69 Å². The van der Waals surface area contributed by atoms with E-state index < -0.39 is 0 Å². The molecule has 1 aromatic heterocycles. The maximum absolute atomic E-state index is 9.09. The molecule has 4 nitrogen and oxygen atoms in total. The average Bonchev–Trinajstić information content (AvgIpc) is 2.96. The minimum absolute atomic E-state index is 0.140. The van der Waals surface area contributed by atoms with Gasteiger partial charge in [0.25, 0.3) is 0 Å². The SMILES string of the molecule is N#CCCC(C#N)CSc1nccn1-c1cccc(Cl)c1. The molecule has 1 unspecified atom stereocenters. The number of benzene rings is 1. The highest BCUT2D eigenvalue weighted by molar-refractivity contribution is 7.99. The van der Waals surface area contributed by atoms with E-state index in [1.54, 1.807) is 6.20 Å². The van der Waals surface area contributed by atoms with Crippen LogP contribution in [-0.4, -0.2) is 15.3 Å². The first-order chi connectivity index (χ1) is 10.2. The zero-order valence-corrected chi connectivity index (χ0v) is 12.8. The van der Waals surface area contributed by atoms with Crippen LogP contribution in [0, 0.1) is 28.6 Å². The Kier molecular flexibility index (Phi) is 5.68. The number of nitrogens with zero attached hydrogens (tertiary/aromatic N) is 4. The molecule has 0 spiro atoms. The summed E-state index contributed by atoms with van der Waals surface area (Å²) in [6.45, 7) is 0. The van der Waals surface area contributed by atoms with Crippen LogP contribution < -0.4 is 0 Å². The lowest BCUT2D eigenvalue weighted by molar-refractivity contribution is 0.683. The molecule has 0 aliphatic rings. The molecule has 1 aromatic carbocycles. The summed E-state index contributed by atoms with van der Waals surface area (Å²) >= 11 is 7.52. The molecule has 0 radical (unpaired) electrons. The second-order valence-electron chi connectivity index (χ2n) is 4.39. The first-order valence-electron chi connectivity index (χ1n) is 6.43. The van der Waals surface area contributed by atoms with Crippen LogP contribution in [-0.2, 0) is 0 Å². The number of thioether (sulfide) groups is 1. The highest BCUT2D eigenvalue weighted by Gasteiger charge is 2.11. The third-order valence-corrected chi connectivity index (χ3v) is 4.26. The van der Waals surface area contributed by atoms with Crippen molar-refractivity contribution in [1.82, 2.24) is 9.55 Å². The third kappa shape index (κ3) is 4.26. The quantitative estimate of drug-likeness (QED) is 0.754. The van der Waals surface area contributed by atoms with Gasteiger partial charge in [0, 0.05) is 35.3 Å². The average molecular weight is 317 g/mol. The zero-order valence-electron chi connectivity index (χ0n) is 11.2. The molecule has 106 valence electrons. The second-order valence-corrected chi connectivity index (χ2v) is 5.82. The van der Waals surface area contributed by atoms with Crippen LogP contribution in [0.3, 0.4) is 0 Å². The van der Waals surface area contributed by atoms with Crippen molar-refractivity contribution in [2.45, 2.75) is 18.0 Å². The van der Waals surface area contributed by atoms with Gasteiger partial charge in [-0.1, -0.05) is 29.4 Å². The number of hydrogen-bond donors (Lipinski definition) is 0. The lowest BCUT2D eigenvalue weighted by atomic mass is 10.1. The Morgan fingerprint density at radius 2 is 2.24 bits per heavy atom. The number of rotatable bonds is 6. The molecule has 1 atom stereocenters. The molecule has 0 amide bonds. The van der Waals surface area contributed by atoms with Crippen molar-refractivity contribution in [3.8, 4) is 17.8 Å². The van der Waals surface area contributed by atoms with Crippen LogP contribution in [0.1, 0.15) is 12.8 Å². The van der Waals surface area contributed by atoms with E-state index in [1.165, 1.54) is 11.8 Å². The molecule has 2 rings (SSSR count). The van der Waals surface area contributed by atoms with Crippen molar-refractivity contribution >= 4 is 23.4 Å². The van der Waals surface area contributed by atoms with Gasteiger partial charge in [0.05, 0.1) is 18.1 Å². The van der Waals surface area contributed by atoms with Gasteiger partial charge in [-0.25, -0.2) is 4.98 Å². The maximum Gasteiger partial charge on any atom is 0.172 e. The van der Waals surface area contributed by atoms with Gasteiger partial charge in [-0.3, -0.25) is 4.57 Å². The Balaban J connectivity index is 2.08. The third-order valence-electron chi connectivity index (χ3n) is 2.89. The van der Waals surface area contributed by atoms with E-state index in [4.69, 9.17) is 22.1 Å². The fourth-order valence-electron chi connectivity index (χ4n) is 1.82. The van der Waals surface area contributed by atoms with Crippen LogP contribution in [0.4, 0.5) is 0 Å². The Hall–Kier alpha value is -1.95. The number of hydrogen-bond acceptors (Lipinski definition) is 4. The van der Waals surface area contributed by atoms with Crippen LogP contribution >= 0.6 is 23.4 Å². The van der Waals surface area contributed by atoms with Gasteiger partial charge in [-0.15, -0.1) is 0 Å². The predicted molar refractivity (Wildman–Crippen MR) is 83.2 cm³/mol. The summed E-state index contributed by atoms with van der Waals surface area (Å²) in [6.07, 6.45) is 4.59. The largest absolute Gasteiger partial charge is 0.295 e. The first-order valence-corrected chi connectivity index (χ1v) is 7.79. The Labute approximate surface area is 133 Å². The lowest BCUT2D eigenvalue weighted by Crippen LogP contribution is -2.02. The van der Waals surface area contributed by atoms with Gasteiger partial charge < -0.3 is 0 Å². The minimum Gasteiger partial charge on any atom is -0.295 e. The van der Waals surface area contributed by atoms with E-state index in [1.807, 2.05) is 35.0 Å². The number of imidazole rings is 1. The zero-order chi connectivity index (χ0) is 15.1. The van der Waals surface area contributed by atoms with E-state index in [-0.39, 0.29) is 5.92 Å². The Morgan fingerprint density at radius 3 is 2.95 bits per heavy atom. The summed E-state index contributed by atoms with van der Waals surface area (Å²) in [5.41, 5.74) is 0.938. The summed E-state index contributed by atoms with van der Waals surface area (Å²) in [6, 6.07) is 11.8. The number of nitriles is 2. The predicted octanol–water partition coefficient (Wildman–Crippen LogP) is 4.06. The monoisotopic (exact) mass is 316 g/mol. The van der Waals surface area contributed by atoms with Crippen molar-refractivity contribution in [3.63, 3.8) is 0 Å². The molecule has 0 bridgehead atoms. The minimum atomic E-state index is -0.140. The topological polar surface area (TPSA) is 65.4 Å². The smallest absolute Gasteiger partial charge is 0.172 e. The standard InChI is InChI=1S/C15H13ClN4S/c16-13-4-1-5-14(9-13)20-8-7-19-15(20)21-11-12(10-18)3-2-6-17/h1,4-5,7-9,12H,2-3,11H2. The fraction of sp³-hybridized carbons (Fsp3) is 0.267. The van der Waals surface area contributed by atoms with E-state index >= 15 is 0 Å². The highest BCUT2D eigenvalue weighted by Crippen LogP contribution is 2.25. The van der Waals surface area contributed by atoms with Gasteiger partial charge in [-0.05, 0) is 24.6 Å². The van der Waals surface area contributed by atoms with Crippen LogP contribution in [0.2, 0.25) is 5.02 Å². The number of aromatic nitrogens is 2. The highest BCUT2D eigenvalue weighted by atomic mass is 35.5. The molecule has 0 saturated heterocycles. The second kappa shape index (κ2) is 7.73. The van der Waals surface area contributed by atoms with E-state index in [0.29, 0.717) is 23.6 Å². The van der Waals surface area contributed by atoms with E-state index in [2.05, 4.69) is 17.1 Å². The Bertz CT molecular complexity index is 683.